The van der Waals surface area contributed by atoms with Crippen LogP contribution in [0.2, 0.25) is 0 Å². The monoisotopic (exact) mass is 387 g/mol. The molecule has 0 aliphatic carbocycles. The van der Waals surface area contributed by atoms with E-state index in [9.17, 15) is 9.59 Å². The highest BCUT2D eigenvalue weighted by molar-refractivity contribution is 6.09. The minimum atomic E-state index is -0.331. The molecule has 3 aromatic rings. The van der Waals surface area contributed by atoms with Crippen molar-refractivity contribution in [2.45, 2.75) is 6.42 Å². The molecular weight excluding hydrogens is 370 g/mol. The first-order chi connectivity index (χ1) is 14.2. The first-order valence-electron chi connectivity index (χ1n) is 9.26. The molecule has 2 amide bonds. The van der Waals surface area contributed by atoms with E-state index in [1.807, 2.05) is 24.3 Å². The lowest BCUT2D eigenvalue weighted by atomic mass is 10.1. The maximum absolute atomic E-state index is 13.0. The molecule has 2 aliphatic heterocycles. The number of nitrogens with zero attached hydrogens (tertiary/aromatic N) is 2. The van der Waals surface area contributed by atoms with Crippen LogP contribution in [-0.4, -0.2) is 30.1 Å². The number of hydrogen-bond acceptors (Lipinski definition) is 5. The SMILES string of the molecule is O=C(Nc1ccc2c(c1)OCO2)c1ccnc(C(=O)N2CCc3ccccc32)c1. The Morgan fingerprint density at radius 1 is 1.00 bits per heavy atom. The molecule has 0 radical (unpaired) electrons. The third-order valence-corrected chi connectivity index (χ3v) is 5.00. The number of aromatic nitrogens is 1. The summed E-state index contributed by atoms with van der Waals surface area (Å²) in [6.07, 6.45) is 2.29. The zero-order chi connectivity index (χ0) is 19.8. The van der Waals surface area contributed by atoms with Crippen LogP contribution < -0.4 is 19.7 Å². The summed E-state index contributed by atoms with van der Waals surface area (Å²) in [5.41, 5.74) is 3.21. The van der Waals surface area contributed by atoms with Gasteiger partial charge >= 0.3 is 0 Å². The van der Waals surface area contributed by atoms with E-state index in [1.165, 1.54) is 12.3 Å². The Morgan fingerprint density at radius 3 is 2.79 bits per heavy atom. The second-order valence-corrected chi connectivity index (χ2v) is 6.79. The van der Waals surface area contributed by atoms with Gasteiger partial charge in [0.2, 0.25) is 6.79 Å². The Bertz CT molecular complexity index is 1130. The maximum atomic E-state index is 13.0. The molecule has 144 valence electrons. The Morgan fingerprint density at radius 2 is 1.86 bits per heavy atom. The minimum absolute atomic E-state index is 0.169. The van der Waals surface area contributed by atoms with Crippen molar-refractivity contribution in [2.24, 2.45) is 0 Å². The van der Waals surface area contributed by atoms with Gasteiger partial charge in [-0.25, -0.2) is 0 Å². The molecule has 2 aromatic carbocycles. The number of rotatable bonds is 3. The van der Waals surface area contributed by atoms with Gasteiger partial charge in [-0.3, -0.25) is 14.6 Å². The summed E-state index contributed by atoms with van der Waals surface area (Å²) in [5, 5.41) is 2.81. The average Bonchev–Trinajstić information content (AvgIpc) is 3.40. The van der Waals surface area contributed by atoms with Crippen molar-refractivity contribution in [2.75, 3.05) is 23.6 Å². The van der Waals surface area contributed by atoms with Gasteiger partial charge in [0.15, 0.2) is 11.5 Å². The molecule has 3 heterocycles. The van der Waals surface area contributed by atoms with Crippen LogP contribution in [0.3, 0.4) is 0 Å². The number of carbonyl (C=O) groups excluding carboxylic acids is 2. The van der Waals surface area contributed by atoms with E-state index in [0.717, 1.165) is 17.7 Å². The number of amides is 2. The second kappa shape index (κ2) is 6.94. The van der Waals surface area contributed by atoms with Crippen LogP contribution in [0.1, 0.15) is 26.4 Å². The number of pyridine rings is 1. The number of anilines is 2. The normalized spacial score (nSPS) is 13.9. The molecule has 1 N–H and O–H groups in total. The van der Waals surface area contributed by atoms with E-state index in [1.54, 1.807) is 29.2 Å². The molecule has 0 saturated carbocycles. The van der Waals surface area contributed by atoms with Gasteiger partial charge in [-0.1, -0.05) is 18.2 Å². The van der Waals surface area contributed by atoms with Crippen LogP contribution in [0.5, 0.6) is 11.5 Å². The van der Waals surface area contributed by atoms with Crippen molar-refractivity contribution in [3.63, 3.8) is 0 Å². The number of nitrogens with one attached hydrogen (secondary N) is 1. The van der Waals surface area contributed by atoms with Gasteiger partial charge < -0.3 is 19.7 Å². The molecule has 7 nitrogen and oxygen atoms in total. The maximum Gasteiger partial charge on any atom is 0.276 e. The topological polar surface area (TPSA) is 80.8 Å². The zero-order valence-electron chi connectivity index (χ0n) is 15.4. The van der Waals surface area contributed by atoms with E-state index in [-0.39, 0.29) is 24.3 Å². The quantitative estimate of drug-likeness (QED) is 0.746. The largest absolute Gasteiger partial charge is 0.454 e. The first kappa shape index (κ1) is 17.2. The molecule has 0 unspecified atom stereocenters. The lowest BCUT2D eigenvalue weighted by molar-refractivity contribution is 0.0984. The summed E-state index contributed by atoms with van der Waals surface area (Å²) in [5.74, 6) is 0.682. The summed E-state index contributed by atoms with van der Waals surface area (Å²) in [6.45, 7) is 0.773. The Kier molecular flexibility index (Phi) is 4.13. The highest BCUT2D eigenvalue weighted by Gasteiger charge is 2.26. The number of benzene rings is 2. The van der Waals surface area contributed by atoms with Crippen LogP contribution >= 0.6 is 0 Å². The fraction of sp³-hybridized carbons (Fsp3) is 0.136. The van der Waals surface area contributed by atoms with E-state index in [4.69, 9.17) is 9.47 Å². The number of fused-ring (bicyclic) bond motifs is 2. The van der Waals surface area contributed by atoms with Crippen molar-refractivity contribution in [3.8, 4) is 11.5 Å². The van der Waals surface area contributed by atoms with Gasteiger partial charge in [-0.2, -0.15) is 0 Å². The zero-order valence-corrected chi connectivity index (χ0v) is 15.4. The summed E-state index contributed by atoms with van der Waals surface area (Å²) in [7, 11) is 0. The summed E-state index contributed by atoms with van der Waals surface area (Å²) in [4.78, 5) is 31.5. The Labute approximate surface area is 166 Å². The third-order valence-electron chi connectivity index (χ3n) is 5.00. The van der Waals surface area contributed by atoms with Crippen LogP contribution in [-0.2, 0) is 6.42 Å². The predicted molar refractivity (Wildman–Crippen MR) is 107 cm³/mol. The highest BCUT2D eigenvalue weighted by Crippen LogP contribution is 2.34. The molecule has 7 heteroatoms. The average molecular weight is 387 g/mol. The second-order valence-electron chi connectivity index (χ2n) is 6.79. The number of ether oxygens (including phenoxy) is 2. The standard InChI is InChI=1S/C22H17N3O4/c26-21(24-16-5-6-19-20(12-16)29-13-28-19)15-7-9-23-17(11-15)22(27)25-10-8-14-3-1-2-4-18(14)25/h1-7,9,11-12H,8,10,13H2,(H,24,26). The van der Waals surface area contributed by atoms with E-state index < -0.39 is 0 Å². The Balaban J connectivity index is 1.36. The third kappa shape index (κ3) is 3.16. The van der Waals surface area contributed by atoms with Crippen LogP contribution in [0.15, 0.2) is 60.8 Å². The van der Waals surface area contributed by atoms with Gasteiger partial charge in [-0.05, 0) is 42.3 Å². The number of carbonyl (C=O) groups is 2. The summed E-state index contributed by atoms with van der Waals surface area (Å²) < 4.78 is 10.6. The molecule has 29 heavy (non-hydrogen) atoms. The number of hydrogen-bond donors (Lipinski definition) is 1. The molecule has 0 fully saturated rings. The lowest BCUT2D eigenvalue weighted by Gasteiger charge is -2.17. The van der Waals surface area contributed by atoms with Gasteiger partial charge in [0, 0.05) is 35.7 Å². The van der Waals surface area contributed by atoms with E-state index in [0.29, 0.717) is 29.3 Å². The van der Waals surface area contributed by atoms with Crippen molar-refractivity contribution in [1.29, 1.82) is 0 Å². The van der Waals surface area contributed by atoms with Gasteiger partial charge in [-0.15, -0.1) is 0 Å². The van der Waals surface area contributed by atoms with E-state index >= 15 is 0 Å². The van der Waals surface area contributed by atoms with Crippen LogP contribution in [0.4, 0.5) is 11.4 Å². The highest BCUT2D eigenvalue weighted by atomic mass is 16.7. The molecule has 0 spiro atoms. The molecule has 2 aliphatic rings. The number of para-hydroxylation sites is 1. The van der Waals surface area contributed by atoms with Crippen LogP contribution in [0.25, 0.3) is 0 Å². The first-order valence-corrected chi connectivity index (χ1v) is 9.26. The fourth-order valence-corrected chi connectivity index (χ4v) is 3.55. The van der Waals surface area contributed by atoms with Gasteiger partial charge in [0.05, 0.1) is 0 Å². The Hall–Kier alpha value is -3.87. The summed E-state index contributed by atoms with van der Waals surface area (Å²) >= 11 is 0. The van der Waals surface area contributed by atoms with Crippen molar-refractivity contribution in [3.05, 3.63) is 77.6 Å². The molecule has 1 aromatic heterocycles. The van der Waals surface area contributed by atoms with Gasteiger partial charge in [0.1, 0.15) is 5.69 Å². The van der Waals surface area contributed by atoms with Crippen molar-refractivity contribution >= 4 is 23.2 Å². The minimum Gasteiger partial charge on any atom is -0.454 e. The molecule has 0 atom stereocenters. The molecule has 0 saturated heterocycles. The van der Waals surface area contributed by atoms with Crippen LogP contribution in [0, 0.1) is 0 Å². The lowest BCUT2D eigenvalue weighted by Crippen LogP contribution is -2.30. The van der Waals surface area contributed by atoms with E-state index in [2.05, 4.69) is 10.3 Å². The molecular formula is C22H17N3O4. The molecule has 0 bridgehead atoms. The van der Waals surface area contributed by atoms with Crippen molar-refractivity contribution < 1.29 is 19.1 Å². The van der Waals surface area contributed by atoms with Gasteiger partial charge in [0.25, 0.3) is 11.8 Å². The summed E-state index contributed by atoms with van der Waals surface area (Å²) in [6, 6.07) is 16.1. The predicted octanol–water partition coefficient (Wildman–Crippen LogP) is 3.27. The smallest absolute Gasteiger partial charge is 0.276 e. The van der Waals surface area contributed by atoms with Crippen molar-refractivity contribution in [1.82, 2.24) is 4.98 Å². The fourth-order valence-electron chi connectivity index (χ4n) is 3.55. The molecule has 5 rings (SSSR count).